The maximum atomic E-state index is 10.4. The third kappa shape index (κ3) is 2.09. The zero-order valence-electron chi connectivity index (χ0n) is 13.2. The average molecular weight is 311 g/mol. The molecule has 0 bridgehead atoms. The van der Waals surface area contributed by atoms with E-state index >= 15 is 0 Å². The van der Waals surface area contributed by atoms with E-state index in [1.807, 2.05) is 12.1 Å². The lowest BCUT2D eigenvalue weighted by molar-refractivity contribution is 0.182. The van der Waals surface area contributed by atoms with E-state index in [-0.39, 0.29) is 23.3 Å². The van der Waals surface area contributed by atoms with Crippen molar-refractivity contribution in [2.75, 3.05) is 13.1 Å². The van der Waals surface area contributed by atoms with Gasteiger partial charge in [0.1, 0.15) is 5.75 Å². The number of phenolic OH excluding ortho intramolecular Hbond substituents is 3. The van der Waals surface area contributed by atoms with Crippen molar-refractivity contribution in [2.24, 2.45) is 0 Å². The summed E-state index contributed by atoms with van der Waals surface area (Å²) in [5.74, 6) is 0.0268. The Balaban J connectivity index is 1.98. The Morgan fingerprint density at radius 2 is 1.96 bits per heavy atom. The van der Waals surface area contributed by atoms with Crippen molar-refractivity contribution >= 4 is 0 Å². The highest BCUT2D eigenvalue weighted by atomic mass is 16.3. The molecule has 4 heteroatoms. The molecular weight excluding hydrogens is 290 g/mol. The van der Waals surface area contributed by atoms with Crippen molar-refractivity contribution in [1.29, 1.82) is 0 Å². The van der Waals surface area contributed by atoms with Gasteiger partial charge in [0.15, 0.2) is 11.5 Å². The maximum Gasteiger partial charge on any atom is 0.165 e. The van der Waals surface area contributed by atoms with E-state index in [4.69, 9.17) is 0 Å². The predicted octanol–water partition coefficient (Wildman–Crippen LogP) is 3.34. The summed E-state index contributed by atoms with van der Waals surface area (Å²) in [6.07, 6.45) is 2.84. The first-order valence-electron chi connectivity index (χ1n) is 8.24. The molecule has 0 unspecified atom stereocenters. The van der Waals surface area contributed by atoms with Crippen LogP contribution in [0.15, 0.2) is 24.3 Å². The molecule has 120 valence electrons. The summed E-state index contributed by atoms with van der Waals surface area (Å²) in [5, 5.41) is 30.4. The Hall–Kier alpha value is -2.20. The van der Waals surface area contributed by atoms with Crippen LogP contribution in [0.25, 0.3) is 11.1 Å². The van der Waals surface area contributed by atoms with Gasteiger partial charge in [0.25, 0.3) is 0 Å². The quantitative estimate of drug-likeness (QED) is 0.744. The Labute approximate surface area is 135 Å². The number of rotatable bonds is 2. The van der Waals surface area contributed by atoms with E-state index in [1.165, 1.54) is 5.56 Å². The van der Waals surface area contributed by atoms with Gasteiger partial charge in [0.05, 0.1) is 0 Å². The molecule has 0 fully saturated rings. The minimum atomic E-state index is -0.111. The van der Waals surface area contributed by atoms with Crippen LogP contribution in [0.2, 0.25) is 0 Å². The first-order valence-corrected chi connectivity index (χ1v) is 8.24. The monoisotopic (exact) mass is 311 g/mol. The summed E-state index contributed by atoms with van der Waals surface area (Å²) in [6, 6.07) is 7.29. The molecule has 4 rings (SSSR count). The minimum absolute atomic E-state index is 0.0821. The van der Waals surface area contributed by atoms with Gasteiger partial charge in [-0.25, -0.2) is 0 Å². The second-order valence-corrected chi connectivity index (χ2v) is 6.54. The average Bonchev–Trinajstić information content (AvgIpc) is 2.53. The van der Waals surface area contributed by atoms with Crippen LogP contribution < -0.4 is 0 Å². The van der Waals surface area contributed by atoms with E-state index < -0.39 is 0 Å². The standard InChI is InChI=1S/C19H21NO3/c1-2-6-20-7-5-12-8-13(21)10-14-17(12)15(20)9-11-3-4-16(22)19(23)18(11)14/h3-4,8,10,15,21-23H,2,5-7,9H2,1H3/t15-/m0/s1. The van der Waals surface area contributed by atoms with E-state index in [2.05, 4.69) is 11.8 Å². The number of phenols is 3. The van der Waals surface area contributed by atoms with Gasteiger partial charge < -0.3 is 15.3 Å². The zero-order chi connectivity index (χ0) is 16.1. The van der Waals surface area contributed by atoms with Crippen LogP contribution in [0, 0.1) is 0 Å². The smallest absolute Gasteiger partial charge is 0.165 e. The Kier molecular flexibility index (Phi) is 3.23. The number of nitrogens with zero attached hydrogens (tertiary/aromatic N) is 1. The Morgan fingerprint density at radius 3 is 2.74 bits per heavy atom. The summed E-state index contributed by atoms with van der Waals surface area (Å²) >= 11 is 0. The van der Waals surface area contributed by atoms with Gasteiger partial charge in [-0.1, -0.05) is 13.0 Å². The first-order chi connectivity index (χ1) is 11.1. The van der Waals surface area contributed by atoms with Gasteiger partial charge >= 0.3 is 0 Å². The first kappa shape index (κ1) is 14.4. The van der Waals surface area contributed by atoms with Gasteiger partial charge in [0.2, 0.25) is 0 Å². The second kappa shape index (κ2) is 5.17. The molecule has 23 heavy (non-hydrogen) atoms. The molecule has 1 aliphatic carbocycles. The van der Waals surface area contributed by atoms with Crippen LogP contribution in [0.3, 0.4) is 0 Å². The SMILES string of the molecule is CCCN1CCc2cc(O)cc3c2[C@@H]1Cc1ccc(O)c(O)c1-3. The zero-order valence-corrected chi connectivity index (χ0v) is 13.2. The lowest BCUT2D eigenvalue weighted by Gasteiger charge is -2.41. The van der Waals surface area contributed by atoms with Crippen molar-refractivity contribution in [3.05, 3.63) is 41.0 Å². The highest BCUT2D eigenvalue weighted by molar-refractivity contribution is 5.83. The third-order valence-corrected chi connectivity index (χ3v) is 5.13. The molecule has 1 heterocycles. The van der Waals surface area contributed by atoms with E-state index in [0.29, 0.717) is 5.56 Å². The maximum absolute atomic E-state index is 10.4. The third-order valence-electron chi connectivity index (χ3n) is 5.13. The van der Waals surface area contributed by atoms with Crippen LogP contribution in [-0.2, 0) is 12.8 Å². The number of benzene rings is 2. The molecule has 3 N–H and O–H groups in total. The minimum Gasteiger partial charge on any atom is -0.508 e. The summed E-state index contributed by atoms with van der Waals surface area (Å²) in [6.45, 7) is 4.23. The van der Waals surface area contributed by atoms with E-state index in [0.717, 1.165) is 49.0 Å². The van der Waals surface area contributed by atoms with Crippen LogP contribution in [0.1, 0.15) is 36.1 Å². The molecule has 2 aromatic carbocycles. The van der Waals surface area contributed by atoms with Crippen molar-refractivity contribution in [3.63, 3.8) is 0 Å². The molecule has 0 saturated carbocycles. The van der Waals surface area contributed by atoms with Crippen LogP contribution in [-0.4, -0.2) is 33.3 Å². The molecule has 0 spiro atoms. The van der Waals surface area contributed by atoms with Gasteiger partial charge in [-0.05, 0) is 66.3 Å². The van der Waals surface area contributed by atoms with E-state index in [1.54, 1.807) is 12.1 Å². The van der Waals surface area contributed by atoms with Crippen molar-refractivity contribution in [3.8, 4) is 28.4 Å². The molecule has 1 atom stereocenters. The lowest BCUT2D eigenvalue weighted by Crippen LogP contribution is -2.38. The molecule has 0 amide bonds. The van der Waals surface area contributed by atoms with Crippen molar-refractivity contribution in [2.45, 2.75) is 32.2 Å². The van der Waals surface area contributed by atoms with Gasteiger partial charge in [0, 0.05) is 18.2 Å². The molecule has 0 saturated heterocycles. The molecule has 2 aromatic rings. The topological polar surface area (TPSA) is 63.9 Å². The van der Waals surface area contributed by atoms with Gasteiger partial charge in [-0.3, -0.25) is 4.90 Å². The molecular formula is C19H21NO3. The van der Waals surface area contributed by atoms with Gasteiger partial charge in [-0.15, -0.1) is 0 Å². The molecule has 0 aromatic heterocycles. The van der Waals surface area contributed by atoms with Crippen LogP contribution in [0.5, 0.6) is 17.2 Å². The number of fused-ring (bicyclic) bond motifs is 2. The van der Waals surface area contributed by atoms with Gasteiger partial charge in [-0.2, -0.15) is 0 Å². The summed E-state index contributed by atoms with van der Waals surface area (Å²) in [5.41, 5.74) is 4.92. The van der Waals surface area contributed by atoms with Crippen LogP contribution >= 0.6 is 0 Å². The highest BCUT2D eigenvalue weighted by Gasteiger charge is 2.35. The summed E-state index contributed by atoms with van der Waals surface area (Å²) in [7, 11) is 0. The van der Waals surface area contributed by atoms with E-state index in [9.17, 15) is 15.3 Å². The molecule has 2 aliphatic rings. The second-order valence-electron chi connectivity index (χ2n) is 6.54. The van der Waals surface area contributed by atoms with Crippen molar-refractivity contribution < 1.29 is 15.3 Å². The fourth-order valence-corrected chi connectivity index (χ4v) is 4.19. The fraction of sp³-hybridized carbons (Fsp3) is 0.368. The Bertz CT molecular complexity index is 785. The fourth-order valence-electron chi connectivity index (χ4n) is 4.19. The highest BCUT2D eigenvalue weighted by Crippen LogP contribution is 2.51. The van der Waals surface area contributed by atoms with Crippen molar-refractivity contribution in [1.82, 2.24) is 4.90 Å². The molecule has 0 radical (unpaired) electrons. The summed E-state index contributed by atoms with van der Waals surface area (Å²) < 4.78 is 0. The number of hydrogen-bond donors (Lipinski definition) is 3. The normalized spacial score (nSPS) is 19.3. The molecule has 4 nitrogen and oxygen atoms in total. The summed E-state index contributed by atoms with van der Waals surface area (Å²) in [4.78, 5) is 2.50. The Morgan fingerprint density at radius 1 is 1.13 bits per heavy atom. The largest absolute Gasteiger partial charge is 0.508 e. The lowest BCUT2D eigenvalue weighted by atomic mass is 9.76. The number of hydrogen-bond acceptors (Lipinski definition) is 4. The predicted molar refractivity (Wildman–Crippen MR) is 88.9 cm³/mol. The van der Waals surface area contributed by atoms with Crippen LogP contribution in [0.4, 0.5) is 0 Å². The molecule has 1 aliphatic heterocycles. The number of aromatic hydroxyl groups is 3.